The van der Waals surface area contributed by atoms with Gasteiger partial charge in [0, 0.05) is 12.1 Å². The zero-order valence-electron chi connectivity index (χ0n) is 7.05. The van der Waals surface area contributed by atoms with Gasteiger partial charge in [0.25, 0.3) is 0 Å². The lowest BCUT2D eigenvalue weighted by Crippen LogP contribution is -1.94. The van der Waals surface area contributed by atoms with Crippen LogP contribution in [0.2, 0.25) is 0 Å². The zero-order valence-corrected chi connectivity index (χ0v) is 7.05. The Hall–Kier alpha value is -1.58. The molecule has 1 saturated carbocycles. The van der Waals surface area contributed by atoms with Crippen LogP contribution in [0.1, 0.15) is 24.6 Å². The smallest absolute Gasteiger partial charge is 0.328 e. The standard InChI is InChI=1S/C9H10N2O2/c12-9(13)4-3-8-5-10-6-11(8)7-1-2-7/h3-7H,1-2H2,(H,12,13). The van der Waals surface area contributed by atoms with Crippen LogP contribution in [0, 0.1) is 0 Å². The summed E-state index contributed by atoms with van der Waals surface area (Å²) in [6, 6.07) is 0.538. The molecule has 0 atom stereocenters. The van der Waals surface area contributed by atoms with Gasteiger partial charge in [-0.25, -0.2) is 9.78 Å². The Bertz CT molecular complexity index is 350. The molecule has 0 unspecified atom stereocenters. The van der Waals surface area contributed by atoms with Crippen molar-refractivity contribution in [1.29, 1.82) is 0 Å². The number of carboxylic acids is 1. The molecule has 0 bridgehead atoms. The van der Waals surface area contributed by atoms with Crippen molar-refractivity contribution < 1.29 is 9.90 Å². The van der Waals surface area contributed by atoms with Crippen LogP contribution in [0.5, 0.6) is 0 Å². The Balaban J connectivity index is 2.19. The summed E-state index contributed by atoms with van der Waals surface area (Å²) in [5.41, 5.74) is 0.866. The Labute approximate surface area is 75.5 Å². The highest BCUT2D eigenvalue weighted by Gasteiger charge is 2.24. The fraction of sp³-hybridized carbons (Fsp3) is 0.333. The van der Waals surface area contributed by atoms with Gasteiger partial charge in [0.1, 0.15) is 0 Å². The molecule has 4 heteroatoms. The van der Waals surface area contributed by atoms with E-state index in [1.807, 2.05) is 4.57 Å². The average molecular weight is 178 g/mol. The Morgan fingerprint density at radius 3 is 3.08 bits per heavy atom. The number of carboxylic acid groups (broad SMARTS) is 1. The van der Waals surface area contributed by atoms with E-state index in [9.17, 15) is 4.79 Å². The molecule has 4 nitrogen and oxygen atoms in total. The van der Waals surface area contributed by atoms with Gasteiger partial charge in [0.05, 0.1) is 18.2 Å². The highest BCUT2D eigenvalue weighted by atomic mass is 16.4. The minimum absolute atomic E-state index is 0.538. The van der Waals surface area contributed by atoms with Gasteiger partial charge in [-0.3, -0.25) is 0 Å². The van der Waals surface area contributed by atoms with Crippen molar-refractivity contribution in [2.45, 2.75) is 18.9 Å². The van der Waals surface area contributed by atoms with Gasteiger partial charge in [-0.2, -0.15) is 0 Å². The minimum Gasteiger partial charge on any atom is -0.478 e. The van der Waals surface area contributed by atoms with E-state index in [-0.39, 0.29) is 0 Å². The SMILES string of the molecule is O=C(O)C=Cc1cncn1C1CC1. The lowest BCUT2D eigenvalue weighted by atomic mass is 10.4. The molecule has 1 N–H and O–H groups in total. The zero-order chi connectivity index (χ0) is 9.26. The van der Waals surface area contributed by atoms with E-state index in [0.29, 0.717) is 6.04 Å². The summed E-state index contributed by atoms with van der Waals surface area (Å²) >= 11 is 0. The van der Waals surface area contributed by atoms with E-state index in [1.54, 1.807) is 18.6 Å². The Morgan fingerprint density at radius 1 is 1.69 bits per heavy atom. The fourth-order valence-electron chi connectivity index (χ4n) is 1.26. The number of hydrogen-bond donors (Lipinski definition) is 1. The van der Waals surface area contributed by atoms with Crippen LogP contribution in [0.25, 0.3) is 6.08 Å². The third kappa shape index (κ3) is 1.77. The molecule has 2 rings (SSSR count). The second-order valence-electron chi connectivity index (χ2n) is 3.13. The molecule has 0 aromatic carbocycles. The maximum Gasteiger partial charge on any atom is 0.328 e. The van der Waals surface area contributed by atoms with Crippen molar-refractivity contribution in [2.75, 3.05) is 0 Å². The van der Waals surface area contributed by atoms with Crippen LogP contribution >= 0.6 is 0 Å². The fourth-order valence-corrected chi connectivity index (χ4v) is 1.26. The molecule has 1 aliphatic carbocycles. The molecular weight excluding hydrogens is 168 g/mol. The molecule has 1 aliphatic rings. The first-order chi connectivity index (χ1) is 6.27. The maximum atomic E-state index is 10.3. The summed E-state index contributed by atoms with van der Waals surface area (Å²) in [5, 5.41) is 8.44. The van der Waals surface area contributed by atoms with Crippen molar-refractivity contribution in [3.8, 4) is 0 Å². The van der Waals surface area contributed by atoms with E-state index in [1.165, 1.54) is 12.8 Å². The van der Waals surface area contributed by atoms with E-state index < -0.39 is 5.97 Å². The molecule has 0 aliphatic heterocycles. The van der Waals surface area contributed by atoms with E-state index in [4.69, 9.17) is 5.11 Å². The van der Waals surface area contributed by atoms with Crippen molar-refractivity contribution in [3.05, 3.63) is 24.3 Å². The van der Waals surface area contributed by atoms with E-state index in [2.05, 4.69) is 4.98 Å². The first-order valence-corrected chi connectivity index (χ1v) is 4.20. The summed E-state index contributed by atoms with van der Waals surface area (Å²) in [6.07, 6.45) is 8.48. The third-order valence-electron chi connectivity index (χ3n) is 2.03. The molecule has 68 valence electrons. The van der Waals surface area contributed by atoms with E-state index in [0.717, 1.165) is 11.8 Å². The van der Waals surface area contributed by atoms with Crippen molar-refractivity contribution >= 4 is 12.0 Å². The maximum absolute atomic E-state index is 10.3. The first-order valence-electron chi connectivity index (χ1n) is 4.20. The van der Waals surface area contributed by atoms with Gasteiger partial charge < -0.3 is 9.67 Å². The van der Waals surface area contributed by atoms with Crippen LogP contribution in [0.3, 0.4) is 0 Å². The quantitative estimate of drug-likeness (QED) is 0.710. The Morgan fingerprint density at radius 2 is 2.46 bits per heavy atom. The van der Waals surface area contributed by atoms with Gasteiger partial charge >= 0.3 is 5.97 Å². The van der Waals surface area contributed by atoms with Gasteiger partial charge in [0.2, 0.25) is 0 Å². The molecule has 0 radical (unpaired) electrons. The van der Waals surface area contributed by atoms with E-state index >= 15 is 0 Å². The second-order valence-corrected chi connectivity index (χ2v) is 3.13. The molecular formula is C9H10N2O2. The molecule has 1 aromatic rings. The van der Waals surface area contributed by atoms with Gasteiger partial charge in [-0.1, -0.05) is 0 Å². The van der Waals surface area contributed by atoms with Crippen LogP contribution in [-0.2, 0) is 4.79 Å². The molecule has 0 saturated heterocycles. The van der Waals surface area contributed by atoms with Crippen LogP contribution in [-0.4, -0.2) is 20.6 Å². The molecule has 1 heterocycles. The lowest BCUT2D eigenvalue weighted by Gasteiger charge is -2.00. The number of aromatic nitrogens is 2. The summed E-state index contributed by atoms with van der Waals surface area (Å²) in [4.78, 5) is 14.3. The largest absolute Gasteiger partial charge is 0.478 e. The predicted molar refractivity (Wildman–Crippen MR) is 47.2 cm³/mol. The highest BCUT2D eigenvalue weighted by Crippen LogP contribution is 2.35. The number of nitrogens with zero attached hydrogens (tertiary/aromatic N) is 2. The van der Waals surface area contributed by atoms with Gasteiger partial charge in [-0.05, 0) is 18.9 Å². The first kappa shape index (κ1) is 8.04. The van der Waals surface area contributed by atoms with Crippen LogP contribution in [0.15, 0.2) is 18.6 Å². The molecule has 1 fully saturated rings. The summed E-state index contributed by atoms with van der Waals surface area (Å²) < 4.78 is 2.01. The molecule has 0 amide bonds. The number of hydrogen-bond acceptors (Lipinski definition) is 2. The van der Waals surface area contributed by atoms with Gasteiger partial charge in [-0.15, -0.1) is 0 Å². The summed E-state index contributed by atoms with van der Waals surface area (Å²) in [6.45, 7) is 0. The van der Waals surface area contributed by atoms with Crippen LogP contribution < -0.4 is 0 Å². The number of rotatable bonds is 3. The molecule has 1 aromatic heterocycles. The predicted octanol–water partition coefficient (Wildman–Crippen LogP) is 1.32. The summed E-state index contributed by atoms with van der Waals surface area (Å²) in [7, 11) is 0. The molecule has 13 heavy (non-hydrogen) atoms. The number of carbonyl (C=O) groups is 1. The second kappa shape index (κ2) is 3.05. The van der Waals surface area contributed by atoms with Crippen molar-refractivity contribution in [2.24, 2.45) is 0 Å². The van der Waals surface area contributed by atoms with Crippen molar-refractivity contribution in [3.63, 3.8) is 0 Å². The van der Waals surface area contributed by atoms with Gasteiger partial charge in [0.15, 0.2) is 0 Å². The average Bonchev–Trinajstić information content (AvgIpc) is 2.82. The topological polar surface area (TPSA) is 55.1 Å². The molecule has 0 spiro atoms. The minimum atomic E-state index is -0.927. The third-order valence-corrected chi connectivity index (χ3v) is 2.03. The van der Waals surface area contributed by atoms with Crippen molar-refractivity contribution in [1.82, 2.24) is 9.55 Å². The number of aliphatic carboxylic acids is 1. The monoisotopic (exact) mass is 178 g/mol. The Kier molecular flexibility index (Phi) is 1.88. The van der Waals surface area contributed by atoms with Crippen LogP contribution in [0.4, 0.5) is 0 Å². The summed E-state index contributed by atoms with van der Waals surface area (Å²) in [5.74, 6) is -0.927. The number of imidazole rings is 1. The lowest BCUT2D eigenvalue weighted by molar-refractivity contribution is -0.131. The normalized spacial score (nSPS) is 16.6. The highest BCUT2D eigenvalue weighted by molar-refractivity contribution is 5.84.